The maximum Gasteiger partial charge on any atom is 0.224 e. The van der Waals surface area contributed by atoms with Crippen molar-refractivity contribution in [3.05, 3.63) is 53.3 Å². The first-order valence-corrected chi connectivity index (χ1v) is 9.13. The van der Waals surface area contributed by atoms with Gasteiger partial charge in [0, 0.05) is 18.7 Å². The normalized spacial score (nSPS) is 10.5. The van der Waals surface area contributed by atoms with Crippen molar-refractivity contribution in [2.75, 3.05) is 20.8 Å². The predicted molar refractivity (Wildman–Crippen MR) is 102 cm³/mol. The molecule has 1 amide bonds. The van der Waals surface area contributed by atoms with Crippen molar-refractivity contribution in [1.82, 2.24) is 15.3 Å². The van der Waals surface area contributed by atoms with E-state index in [9.17, 15) is 4.79 Å². The molecule has 6 nitrogen and oxygen atoms in total. The molecule has 0 fully saturated rings. The monoisotopic (exact) mass is 371 g/mol. The number of nitrogens with one attached hydrogen (secondary N) is 2. The number of thiophene rings is 1. The van der Waals surface area contributed by atoms with E-state index < -0.39 is 0 Å². The average Bonchev–Trinajstić information content (AvgIpc) is 3.32. The molecule has 7 heteroatoms. The van der Waals surface area contributed by atoms with E-state index in [1.807, 2.05) is 29.6 Å². The summed E-state index contributed by atoms with van der Waals surface area (Å²) in [5.74, 6) is 1.24. The van der Waals surface area contributed by atoms with Crippen LogP contribution in [0.5, 0.6) is 11.5 Å². The van der Waals surface area contributed by atoms with Gasteiger partial charge in [0.15, 0.2) is 11.5 Å². The van der Waals surface area contributed by atoms with Crippen LogP contribution in [-0.4, -0.2) is 36.6 Å². The SMILES string of the molecule is COc1ccc(CC(=O)NCCc2[nH]cnc2-c2cccs2)cc1OC. The number of benzene rings is 1. The smallest absolute Gasteiger partial charge is 0.224 e. The van der Waals surface area contributed by atoms with Gasteiger partial charge in [0.1, 0.15) is 5.69 Å². The molecule has 0 aliphatic carbocycles. The fraction of sp³-hybridized carbons (Fsp3) is 0.263. The third-order valence-corrected chi connectivity index (χ3v) is 4.86. The molecule has 0 saturated carbocycles. The molecule has 0 aliphatic heterocycles. The van der Waals surface area contributed by atoms with E-state index >= 15 is 0 Å². The number of amides is 1. The van der Waals surface area contributed by atoms with Crippen LogP contribution in [0.4, 0.5) is 0 Å². The first-order valence-electron chi connectivity index (χ1n) is 8.25. The van der Waals surface area contributed by atoms with Gasteiger partial charge in [-0.1, -0.05) is 12.1 Å². The summed E-state index contributed by atoms with van der Waals surface area (Å²) in [6, 6.07) is 9.54. The molecular formula is C19H21N3O3S. The van der Waals surface area contributed by atoms with Gasteiger partial charge in [0.25, 0.3) is 0 Å². The van der Waals surface area contributed by atoms with E-state index in [4.69, 9.17) is 9.47 Å². The van der Waals surface area contributed by atoms with E-state index in [0.29, 0.717) is 30.9 Å². The predicted octanol–water partition coefficient (Wildman–Crippen LogP) is 3.06. The molecule has 2 heterocycles. The number of methoxy groups -OCH3 is 2. The summed E-state index contributed by atoms with van der Waals surface area (Å²) in [7, 11) is 3.17. The molecule has 3 rings (SSSR count). The topological polar surface area (TPSA) is 76.2 Å². The van der Waals surface area contributed by atoms with Crippen molar-refractivity contribution in [3.63, 3.8) is 0 Å². The molecule has 0 bridgehead atoms. The summed E-state index contributed by atoms with van der Waals surface area (Å²) >= 11 is 1.65. The lowest BCUT2D eigenvalue weighted by molar-refractivity contribution is -0.120. The molecule has 26 heavy (non-hydrogen) atoms. The summed E-state index contributed by atoms with van der Waals surface area (Å²) in [5.41, 5.74) is 2.86. The molecule has 2 aromatic heterocycles. The number of hydrogen-bond donors (Lipinski definition) is 2. The van der Waals surface area contributed by atoms with E-state index in [0.717, 1.165) is 21.8 Å². The van der Waals surface area contributed by atoms with Crippen molar-refractivity contribution in [2.24, 2.45) is 0 Å². The summed E-state index contributed by atoms with van der Waals surface area (Å²) in [6.07, 6.45) is 2.68. The summed E-state index contributed by atoms with van der Waals surface area (Å²) in [5, 5.41) is 4.98. The summed E-state index contributed by atoms with van der Waals surface area (Å²) in [6.45, 7) is 0.548. The van der Waals surface area contributed by atoms with Gasteiger partial charge in [-0.2, -0.15) is 0 Å². The summed E-state index contributed by atoms with van der Waals surface area (Å²) < 4.78 is 10.5. The Labute approximate surface area is 156 Å². The van der Waals surface area contributed by atoms with Crippen LogP contribution in [0.2, 0.25) is 0 Å². The minimum absolute atomic E-state index is 0.0330. The van der Waals surface area contributed by atoms with Crippen molar-refractivity contribution >= 4 is 17.2 Å². The molecule has 0 atom stereocenters. The molecule has 0 radical (unpaired) electrons. The quantitative estimate of drug-likeness (QED) is 0.638. The van der Waals surface area contributed by atoms with Crippen LogP contribution in [0.15, 0.2) is 42.0 Å². The Morgan fingerprint density at radius 1 is 1.23 bits per heavy atom. The lowest BCUT2D eigenvalue weighted by Gasteiger charge is -2.10. The number of carbonyl (C=O) groups is 1. The number of aromatic amines is 1. The Morgan fingerprint density at radius 2 is 2.08 bits per heavy atom. The zero-order valence-electron chi connectivity index (χ0n) is 14.7. The molecule has 0 spiro atoms. The van der Waals surface area contributed by atoms with Crippen LogP contribution in [0.1, 0.15) is 11.3 Å². The Morgan fingerprint density at radius 3 is 2.81 bits per heavy atom. The van der Waals surface area contributed by atoms with Crippen molar-refractivity contribution in [2.45, 2.75) is 12.8 Å². The highest BCUT2D eigenvalue weighted by Crippen LogP contribution is 2.28. The molecule has 3 aromatic rings. The van der Waals surface area contributed by atoms with Gasteiger partial charge in [-0.05, 0) is 29.1 Å². The maximum absolute atomic E-state index is 12.2. The van der Waals surface area contributed by atoms with E-state index in [1.54, 1.807) is 38.0 Å². The van der Waals surface area contributed by atoms with Crippen LogP contribution in [0.3, 0.4) is 0 Å². The Balaban J connectivity index is 1.53. The second-order valence-electron chi connectivity index (χ2n) is 5.67. The average molecular weight is 371 g/mol. The van der Waals surface area contributed by atoms with E-state index in [2.05, 4.69) is 15.3 Å². The molecule has 2 N–H and O–H groups in total. The molecule has 0 saturated heterocycles. The minimum atomic E-state index is -0.0330. The Bertz CT molecular complexity index is 859. The van der Waals surface area contributed by atoms with Crippen molar-refractivity contribution in [3.8, 4) is 22.1 Å². The number of H-pyrrole nitrogens is 1. The fourth-order valence-electron chi connectivity index (χ4n) is 2.70. The zero-order chi connectivity index (χ0) is 18.4. The van der Waals surface area contributed by atoms with Gasteiger partial charge in [-0.25, -0.2) is 4.98 Å². The lowest BCUT2D eigenvalue weighted by atomic mass is 10.1. The summed E-state index contributed by atoms with van der Waals surface area (Å²) in [4.78, 5) is 20.9. The third kappa shape index (κ3) is 4.23. The van der Waals surface area contributed by atoms with Gasteiger partial charge < -0.3 is 19.8 Å². The number of nitrogens with zero attached hydrogens (tertiary/aromatic N) is 1. The number of ether oxygens (including phenoxy) is 2. The molecule has 136 valence electrons. The largest absolute Gasteiger partial charge is 0.493 e. The number of aromatic nitrogens is 2. The molecule has 0 unspecified atom stereocenters. The number of imidazole rings is 1. The van der Waals surface area contributed by atoms with Crippen LogP contribution in [-0.2, 0) is 17.6 Å². The van der Waals surface area contributed by atoms with Gasteiger partial charge >= 0.3 is 0 Å². The number of carbonyl (C=O) groups excluding carboxylic acids is 1. The van der Waals surface area contributed by atoms with Crippen LogP contribution in [0.25, 0.3) is 10.6 Å². The van der Waals surface area contributed by atoms with Crippen molar-refractivity contribution < 1.29 is 14.3 Å². The van der Waals surface area contributed by atoms with Crippen LogP contribution in [0, 0.1) is 0 Å². The van der Waals surface area contributed by atoms with Crippen LogP contribution < -0.4 is 14.8 Å². The van der Waals surface area contributed by atoms with E-state index in [1.165, 1.54) is 0 Å². The molecule has 1 aromatic carbocycles. The van der Waals surface area contributed by atoms with Gasteiger partial charge in [-0.3, -0.25) is 4.79 Å². The highest BCUT2D eigenvalue weighted by molar-refractivity contribution is 7.13. The van der Waals surface area contributed by atoms with Crippen molar-refractivity contribution in [1.29, 1.82) is 0 Å². The van der Waals surface area contributed by atoms with E-state index in [-0.39, 0.29) is 5.91 Å². The van der Waals surface area contributed by atoms with Gasteiger partial charge in [-0.15, -0.1) is 11.3 Å². The Hall–Kier alpha value is -2.80. The highest BCUT2D eigenvalue weighted by Gasteiger charge is 2.11. The second-order valence-corrected chi connectivity index (χ2v) is 6.62. The number of rotatable bonds is 8. The van der Waals surface area contributed by atoms with Crippen LogP contribution >= 0.6 is 11.3 Å². The number of hydrogen-bond acceptors (Lipinski definition) is 5. The standard InChI is InChI=1S/C19H21N3O3S/c1-24-15-6-5-13(10-16(15)25-2)11-18(23)20-8-7-14-19(22-12-21-14)17-4-3-9-26-17/h3-6,9-10,12H,7-8,11H2,1-2H3,(H,20,23)(H,21,22). The highest BCUT2D eigenvalue weighted by atomic mass is 32.1. The maximum atomic E-state index is 12.2. The lowest BCUT2D eigenvalue weighted by Crippen LogP contribution is -2.27. The first-order chi connectivity index (χ1) is 12.7. The van der Waals surface area contributed by atoms with Gasteiger partial charge in [0.2, 0.25) is 5.91 Å². The first kappa shape index (κ1) is 18.0. The zero-order valence-corrected chi connectivity index (χ0v) is 15.6. The third-order valence-electron chi connectivity index (χ3n) is 3.98. The molecular weight excluding hydrogens is 350 g/mol. The fourth-order valence-corrected chi connectivity index (χ4v) is 3.45. The second kappa shape index (κ2) is 8.53. The van der Waals surface area contributed by atoms with Gasteiger partial charge in [0.05, 0.1) is 31.8 Å². The molecule has 0 aliphatic rings. The minimum Gasteiger partial charge on any atom is -0.493 e. The Kier molecular flexibility index (Phi) is 5.91.